The number of carboxylic acids is 1. The smallest absolute Gasteiger partial charge is 0.337 e. The molecule has 3 rings (SSSR count). The van der Waals surface area contributed by atoms with E-state index in [1.165, 1.54) is 6.20 Å². The molecule has 0 unspecified atom stereocenters. The zero-order valence-corrected chi connectivity index (χ0v) is 9.55. The highest BCUT2D eigenvalue weighted by Gasteiger charge is 2.12. The van der Waals surface area contributed by atoms with Crippen LogP contribution in [0.2, 0.25) is 0 Å². The number of H-pyrrole nitrogens is 1. The van der Waals surface area contributed by atoms with Crippen molar-refractivity contribution in [3.05, 3.63) is 59.3 Å². The van der Waals surface area contributed by atoms with E-state index >= 15 is 0 Å². The highest BCUT2D eigenvalue weighted by atomic mass is 16.4. The third-order valence-electron chi connectivity index (χ3n) is 3.00. The van der Waals surface area contributed by atoms with Gasteiger partial charge < -0.3 is 10.1 Å². The van der Waals surface area contributed by atoms with Crippen molar-refractivity contribution in [2.24, 2.45) is 0 Å². The van der Waals surface area contributed by atoms with Crippen molar-refractivity contribution in [3.63, 3.8) is 0 Å². The quantitative estimate of drug-likeness (QED) is 0.798. The van der Waals surface area contributed by atoms with E-state index in [1.54, 1.807) is 0 Å². The summed E-state index contributed by atoms with van der Waals surface area (Å²) in [5, 5.41) is 9.85. The van der Waals surface area contributed by atoms with Crippen LogP contribution >= 0.6 is 0 Å². The van der Waals surface area contributed by atoms with Crippen LogP contribution in [0.4, 0.5) is 0 Å². The van der Waals surface area contributed by atoms with Gasteiger partial charge in [-0.25, -0.2) is 4.79 Å². The molecule has 18 heavy (non-hydrogen) atoms. The molecule has 3 nitrogen and oxygen atoms in total. The normalized spacial score (nSPS) is 16.9. The van der Waals surface area contributed by atoms with Gasteiger partial charge in [-0.2, -0.15) is 0 Å². The molecule has 0 radical (unpaired) electrons. The van der Waals surface area contributed by atoms with Gasteiger partial charge in [-0.1, -0.05) is 36.5 Å². The van der Waals surface area contributed by atoms with Crippen molar-refractivity contribution in [3.8, 4) is 0 Å². The summed E-state index contributed by atoms with van der Waals surface area (Å²) in [6.45, 7) is 0. The molecule has 0 atom stereocenters. The zero-order chi connectivity index (χ0) is 12.5. The van der Waals surface area contributed by atoms with Crippen molar-refractivity contribution < 1.29 is 9.90 Å². The molecule has 1 aliphatic rings. The van der Waals surface area contributed by atoms with Crippen LogP contribution in [0.15, 0.2) is 42.6 Å². The molecule has 0 aliphatic heterocycles. The number of aromatic amines is 1. The Morgan fingerprint density at radius 3 is 2.33 bits per heavy atom. The van der Waals surface area contributed by atoms with E-state index in [1.807, 2.05) is 48.6 Å². The third-order valence-corrected chi connectivity index (χ3v) is 3.00. The second-order valence-electron chi connectivity index (χ2n) is 4.14. The van der Waals surface area contributed by atoms with Gasteiger partial charge in [0.1, 0.15) is 0 Å². The number of aromatic carboxylic acids is 1. The Bertz CT molecular complexity index is 717. The van der Waals surface area contributed by atoms with E-state index in [2.05, 4.69) is 4.98 Å². The maximum absolute atomic E-state index is 11.1. The van der Waals surface area contributed by atoms with Crippen LogP contribution in [-0.2, 0) is 0 Å². The Balaban J connectivity index is 2.29. The van der Waals surface area contributed by atoms with Gasteiger partial charge >= 0.3 is 5.97 Å². The lowest BCUT2D eigenvalue weighted by Crippen LogP contribution is -1.94. The summed E-state index contributed by atoms with van der Waals surface area (Å²) in [6, 6.07) is 3.88. The Hall–Kier alpha value is -2.55. The lowest BCUT2D eigenvalue weighted by atomic mass is 10.0. The number of rotatable bonds is 1. The minimum Gasteiger partial charge on any atom is -0.478 e. The summed E-state index contributed by atoms with van der Waals surface area (Å²) in [5.74, 6) is -0.911. The fourth-order valence-electron chi connectivity index (χ4n) is 2.12. The van der Waals surface area contributed by atoms with E-state index in [0.29, 0.717) is 5.56 Å². The second-order valence-corrected chi connectivity index (χ2v) is 4.14. The number of carboxylic acid groups (broad SMARTS) is 1. The predicted octanol–water partition coefficient (Wildman–Crippen LogP) is 3.46. The number of hydrogen-bond acceptors (Lipinski definition) is 1. The first-order chi connectivity index (χ1) is 8.75. The number of hydrogen-bond donors (Lipinski definition) is 2. The SMILES string of the molecule is O=C(O)c1c[nH]c2cc3c(cc12)/C=C\C=C/C=C3. The molecule has 0 saturated carbocycles. The molecule has 2 N–H and O–H groups in total. The number of benzene rings is 1. The molecule has 3 heteroatoms. The van der Waals surface area contributed by atoms with Gasteiger partial charge in [0.15, 0.2) is 0 Å². The van der Waals surface area contributed by atoms with Crippen molar-refractivity contribution in [2.45, 2.75) is 0 Å². The van der Waals surface area contributed by atoms with Crippen LogP contribution in [0.5, 0.6) is 0 Å². The van der Waals surface area contributed by atoms with Crippen LogP contribution in [0, 0.1) is 0 Å². The fraction of sp³-hybridized carbons (Fsp3) is 0. The van der Waals surface area contributed by atoms with Gasteiger partial charge in [0, 0.05) is 17.1 Å². The standard InChI is InChI=1S/C15H11NO2/c17-15(18)13-9-16-14-8-11-6-4-2-1-3-5-10(11)7-12(13)14/h1-9,16H,(H,17,18)/b2-1-,3-1?,4-2?,5-3-,6-4?,10-5?,11-6?. The monoisotopic (exact) mass is 237 g/mol. The van der Waals surface area contributed by atoms with Gasteiger partial charge in [-0.3, -0.25) is 0 Å². The number of aromatic nitrogens is 1. The maximum atomic E-state index is 11.1. The first kappa shape index (κ1) is 10.6. The Labute approximate surface area is 104 Å². The van der Waals surface area contributed by atoms with E-state index in [0.717, 1.165) is 22.0 Å². The van der Waals surface area contributed by atoms with Gasteiger partial charge in [0.05, 0.1) is 5.56 Å². The topological polar surface area (TPSA) is 53.1 Å². The van der Waals surface area contributed by atoms with Crippen molar-refractivity contribution in [1.29, 1.82) is 0 Å². The van der Waals surface area contributed by atoms with E-state index in [9.17, 15) is 4.79 Å². The average Bonchev–Trinajstić information content (AvgIpc) is 2.71. The van der Waals surface area contributed by atoms with E-state index < -0.39 is 5.97 Å². The van der Waals surface area contributed by atoms with E-state index in [4.69, 9.17) is 5.11 Å². The first-order valence-electron chi connectivity index (χ1n) is 5.65. The lowest BCUT2D eigenvalue weighted by molar-refractivity contribution is 0.0699. The van der Waals surface area contributed by atoms with E-state index in [-0.39, 0.29) is 0 Å². The van der Waals surface area contributed by atoms with Crippen molar-refractivity contribution in [1.82, 2.24) is 4.98 Å². The largest absolute Gasteiger partial charge is 0.478 e. The molecular formula is C15H11NO2. The molecule has 1 aromatic carbocycles. The van der Waals surface area contributed by atoms with Gasteiger partial charge in [0.2, 0.25) is 0 Å². The minimum absolute atomic E-state index is 0.308. The van der Waals surface area contributed by atoms with Crippen molar-refractivity contribution in [2.75, 3.05) is 0 Å². The summed E-state index contributed by atoms with van der Waals surface area (Å²) >= 11 is 0. The van der Waals surface area contributed by atoms with Gasteiger partial charge in [-0.05, 0) is 23.3 Å². The van der Waals surface area contributed by atoms with Crippen LogP contribution < -0.4 is 0 Å². The molecule has 0 amide bonds. The molecule has 2 aromatic rings. The number of fused-ring (bicyclic) bond motifs is 2. The Morgan fingerprint density at radius 2 is 1.67 bits per heavy atom. The highest BCUT2D eigenvalue weighted by molar-refractivity contribution is 6.04. The molecule has 0 saturated heterocycles. The summed E-state index contributed by atoms with van der Waals surface area (Å²) in [5.41, 5.74) is 3.24. The average molecular weight is 237 g/mol. The first-order valence-corrected chi connectivity index (χ1v) is 5.65. The molecule has 88 valence electrons. The summed E-state index contributed by atoms with van der Waals surface area (Å²) in [7, 11) is 0. The minimum atomic E-state index is -0.911. The summed E-state index contributed by atoms with van der Waals surface area (Å²) < 4.78 is 0. The van der Waals surface area contributed by atoms with Crippen LogP contribution in [0.3, 0.4) is 0 Å². The molecule has 0 spiro atoms. The predicted molar refractivity (Wildman–Crippen MR) is 72.5 cm³/mol. The number of allylic oxidation sites excluding steroid dienone is 4. The highest BCUT2D eigenvalue weighted by Crippen LogP contribution is 2.25. The number of nitrogens with one attached hydrogen (secondary N) is 1. The molecule has 1 aliphatic carbocycles. The van der Waals surface area contributed by atoms with Crippen LogP contribution in [0.25, 0.3) is 23.1 Å². The van der Waals surface area contributed by atoms with Gasteiger partial charge in [-0.15, -0.1) is 0 Å². The summed E-state index contributed by atoms with van der Waals surface area (Å²) in [4.78, 5) is 14.1. The third kappa shape index (κ3) is 1.66. The zero-order valence-electron chi connectivity index (χ0n) is 9.55. The summed E-state index contributed by atoms with van der Waals surface area (Å²) in [6.07, 6.45) is 13.3. The molecule has 1 aromatic heterocycles. The Kier molecular flexibility index (Phi) is 2.38. The number of carbonyl (C=O) groups is 1. The lowest BCUT2D eigenvalue weighted by Gasteiger charge is -2.04. The maximum Gasteiger partial charge on any atom is 0.337 e. The second kappa shape index (κ2) is 4.04. The van der Waals surface area contributed by atoms with Gasteiger partial charge in [0.25, 0.3) is 0 Å². The Morgan fingerprint density at radius 1 is 1.00 bits per heavy atom. The van der Waals surface area contributed by atoms with Crippen molar-refractivity contribution >= 4 is 29.0 Å². The van der Waals surface area contributed by atoms with Crippen LogP contribution in [-0.4, -0.2) is 16.1 Å². The molecule has 0 fully saturated rings. The molecule has 1 heterocycles. The van der Waals surface area contributed by atoms with Crippen LogP contribution in [0.1, 0.15) is 21.5 Å². The fourth-order valence-corrected chi connectivity index (χ4v) is 2.12. The molecule has 0 bridgehead atoms. The molecular weight excluding hydrogens is 226 g/mol.